The highest BCUT2D eigenvalue weighted by atomic mass is 32.1. The van der Waals surface area contributed by atoms with Gasteiger partial charge in [-0.25, -0.2) is 0 Å². The Balaban J connectivity index is 1.28. The van der Waals surface area contributed by atoms with E-state index < -0.39 is 0 Å². The van der Waals surface area contributed by atoms with Gasteiger partial charge in [-0.1, -0.05) is 6.07 Å². The van der Waals surface area contributed by atoms with Crippen molar-refractivity contribution in [3.8, 4) is 11.6 Å². The van der Waals surface area contributed by atoms with Crippen molar-refractivity contribution < 1.29 is 9.21 Å². The molecule has 1 fully saturated rings. The summed E-state index contributed by atoms with van der Waals surface area (Å²) in [4.78, 5) is 17.2. The molecule has 1 amide bonds. The lowest BCUT2D eigenvalue weighted by Crippen LogP contribution is -2.30. The Hall–Kier alpha value is -2.54. The SMILES string of the molecule is Cc1csc(C(=O)NCC2CCC(c3nnc(-c4ccccn4)o3)CC2)c1. The quantitative estimate of drug-likeness (QED) is 0.715. The monoisotopic (exact) mass is 382 g/mol. The third-order valence-electron chi connectivity index (χ3n) is 5.03. The maximum absolute atomic E-state index is 12.2. The second-order valence-corrected chi connectivity index (χ2v) is 7.99. The Kier molecular flexibility index (Phi) is 5.29. The highest BCUT2D eigenvalue weighted by Gasteiger charge is 2.27. The van der Waals surface area contributed by atoms with E-state index >= 15 is 0 Å². The number of aromatic nitrogens is 3. The molecule has 0 aromatic carbocycles. The summed E-state index contributed by atoms with van der Waals surface area (Å²) in [6.45, 7) is 2.73. The Morgan fingerprint density at radius 1 is 1.26 bits per heavy atom. The molecule has 6 nitrogen and oxygen atoms in total. The molecule has 1 N–H and O–H groups in total. The van der Waals surface area contributed by atoms with E-state index in [9.17, 15) is 4.79 Å². The number of pyridine rings is 1. The summed E-state index contributed by atoms with van der Waals surface area (Å²) in [6, 6.07) is 7.57. The molecule has 3 heterocycles. The van der Waals surface area contributed by atoms with E-state index in [0.29, 0.717) is 29.3 Å². The van der Waals surface area contributed by atoms with Gasteiger partial charge in [0.15, 0.2) is 0 Å². The molecular formula is C20H22N4O2S. The maximum Gasteiger partial charge on any atom is 0.266 e. The summed E-state index contributed by atoms with van der Waals surface area (Å²) in [5.74, 6) is 2.01. The van der Waals surface area contributed by atoms with Crippen LogP contribution in [0.2, 0.25) is 0 Å². The van der Waals surface area contributed by atoms with Gasteiger partial charge in [-0.3, -0.25) is 9.78 Å². The van der Waals surface area contributed by atoms with Crippen molar-refractivity contribution in [2.45, 2.75) is 38.5 Å². The molecule has 1 aliphatic rings. The average Bonchev–Trinajstić information content (AvgIpc) is 3.37. The first-order valence-corrected chi connectivity index (χ1v) is 10.1. The van der Waals surface area contributed by atoms with Crippen LogP contribution in [0.1, 0.15) is 52.7 Å². The topological polar surface area (TPSA) is 80.9 Å². The third kappa shape index (κ3) is 4.24. The Labute approximate surface area is 162 Å². The first-order chi connectivity index (χ1) is 13.2. The van der Waals surface area contributed by atoms with Crippen LogP contribution in [0.15, 0.2) is 40.3 Å². The smallest absolute Gasteiger partial charge is 0.266 e. The number of amides is 1. The van der Waals surface area contributed by atoms with Crippen molar-refractivity contribution in [3.05, 3.63) is 52.2 Å². The van der Waals surface area contributed by atoms with E-state index in [4.69, 9.17) is 4.42 Å². The molecule has 0 bridgehead atoms. The first kappa shape index (κ1) is 17.9. The summed E-state index contributed by atoms with van der Waals surface area (Å²) < 4.78 is 5.85. The Morgan fingerprint density at radius 3 is 2.81 bits per heavy atom. The van der Waals surface area contributed by atoms with Gasteiger partial charge in [-0.2, -0.15) is 0 Å². The summed E-state index contributed by atoms with van der Waals surface area (Å²) in [5, 5.41) is 13.5. The number of carbonyl (C=O) groups excluding carboxylic acids is 1. The predicted molar refractivity (Wildman–Crippen MR) is 104 cm³/mol. The predicted octanol–water partition coefficient (Wildman–Crippen LogP) is 4.21. The Morgan fingerprint density at radius 2 is 2.11 bits per heavy atom. The van der Waals surface area contributed by atoms with Gasteiger partial charge >= 0.3 is 0 Å². The minimum absolute atomic E-state index is 0.0344. The van der Waals surface area contributed by atoms with Gasteiger partial charge in [0.2, 0.25) is 5.89 Å². The van der Waals surface area contributed by atoms with Crippen molar-refractivity contribution in [1.29, 1.82) is 0 Å². The molecule has 0 radical (unpaired) electrons. The van der Waals surface area contributed by atoms with Gasteiger partial charge < -0.3 is 9.73 Å². The van der Waals surface area contributed by atoms with Crippen LogP contribution < -0.4 is 5.32 Å². The molecule has 0 unspecified atom stereocenters. The van der Waals surface area contributed by atoms with Crippen molar-refractivity contribution in [1.82, 2.24) is 20.5 Å². The maximum atomic E-state index is 12.2. The molecule has 3 aromatic rings. The molecule has 0 aliphatic heterocycles. The fraction of sp³-hybridized carbons (Fsp3) is 0.400. The summed E-state index contributed by atoms with van der Waals surface area (Å²) in [6.07, 6.45) is 5.83. The number of hydrogen-bond acceptors (Lipinski definition) is 6. The van der Waals surface area contributed by atoms with Crippen molar-refractivity contribution in [2.75, 3.05) is 6.54 Å². The van der Waals surface area contributed by atoms with E-state index in [-0.39, 0.29) is 5.91 Å². The van der Waals surface area contributed by atoms with E-state index in [0.717, 1.165) is 42.7 Å². The molecule has 0 spiro atoms. The van der Waals surface area contributed by atoms with E-state index in [1.807, 2.05) is 36.6 Å². The highest BCUT2D eigenvalue weighted by Crippen LogP contribution is 2.35. The number of carbonyl (C=O) groups is 1. The van der Waals surface area contributed by atoms with Crippen molar-refractivity contribution in [2.24, 2.45) is 5.92 Å². The Bertz CT molecular complexity index is 898. The molecule has 27 heavy (non-hydrogen) atoms. The number of thiophene rings is 1. The van der Waals surface area contributed by atoms with Crippen LogP contribution in [0.5, 0.6) is 0 Å². The number of aryl methyl sites for hydroxylation is 1. The molecule has 1 saturated carbocycles. The first-order valence-electron chi connectivity index (χ1n) is 9.27. The molecule has 0 atom stereocenters. The second-order valence-electron chi connectivity index (χ2n) is 7.08. The minimum atomic E-state index is 0.0344. The van der Waals surface area contributed by atoms with E-state index in [2.05, 4.69) is 20.5 Å². The van der Waals surface area contributed by atoms with Gasteiger partial charge in [-0.05, 0) is 67.7 Å². The summed E-state index contributed by atoms with van der Waals surface area (Å²) in [5.41, 5.74) is 1.84. The average molecular weight is 382 g/mol. The number of rotatable bonds is 5. The van der Waals surface area contributed by atoms with Gasteiger partial charge in [0.25, 0.3) is 11.8 Å². The minimum Gasteiger partial charge on any atom is -0.419 e. The second kappa shape index (κ2) is 8.00. The van der Waals surface area contributed by atoms with Crippen LogP contribution in [-0.4, -0.2) is 27.6 Å². The van der Waals surface area contributed by atoms with Crippen molar-refractivity contribution in [3.63, 3.8) is 0 Å². The van der Waals surface area contributed by atoms with Gasteiger partial charge in [0.05, 0.1) is 4.88 Å². The van der Waals surface area contributed by atoms with Gasteiger partial charge in [0, 0.05) is 18.7 Å². The van der Waals surface area contributed by atoms with Crippen LogP contribution in [0, 0.1) is 12.8 Å². The molecule has 1 aliphatic carbocycles. The van der Waals surface area contributed by atoms with E-state index in [1.54, 1.807) is 6.20 Å². The van der Waals surface area contributed by atoms with Crippen LogP contribution in [0.3, 0.4) is 0 Å². The standard InChI is InChI=1S/C20H22N4O2S/c1-13-10-17(27-12-13)18(25)22-11-14-5-7-15(8-6-14)19-23-24-20(26-19)16-4-2-3-9-21-16/h2-4,9-10,12,14-15H,5-8,11H2,1H3,(H,22,25). The fourth-order valence-electron chi connectivity index (χ4n) is 3.48. The van der Waals surface area contributed by atoms with Crippen LogP contribution in [-0.2, 0) is 0 Å². The number of hydrogen-bond donors (Lipinski definition) is 1. The van der Waals surface area contributed by atoms with Crippen LogP contribution >= 0.6 is 11.3 Å². The van der Waals surface area contributed by atoms with Gasteiger partial charge in [-0.15, -0.1) is 21.5 Å². The lowest BCUT2D eigenvalue weighted by Gasteiger charge is -2.26. The van der Waals surface area contributed by atoms with Crippen molar-refractivity contribution >= 4 is 17.2 Å². The fourth-order valence-corrected chi connectivity index (χ4v) is 4.29. The zero-order valence-electron chi connectivity index (χ0n) is 15.2. The molecule has 3 aromatic heterocycles. The number of nitrogens with one attached hydrogen (secondary N) is 1. The lowest BCUT2D eigenvalue weighted by atomic mass is 9.82. The molecule has 4 rings (SSSR count). The zero-order valence-corrected chi connectivity index (χ0v) is 16.0. The van der Waals surface area contributed by atoms with E-state index in [1.165, 1.54) is 11.3 Å². The molecule has 0 saturated heterocycles. The molecule has 7 heteroatoms. The lowest BCUT2D eigenvalue weighted by molar-refractivity contribution is 0.0946. The normalized spacial score (nSPS) is 19.7. The molecule has 140 valence electrons. The van der Waals surface area contributed by atoms with Crippen LogP contribution in [0.25, 0.3) is 11.6 Å². The highest BCUT2D eigenvalue weighted by molar-refractivity contribution is 7.12. The van der Waals surface area contributed by atoms with Crippen LogP contribution in [0.4, 0.5) is 0 Å². The third-order valence-corrected chi connectivity index (χ3v) is 6.07. The largest absolute Gasteiger partial charge is 0.419 e. The number of nitrogens with zero attached hydrogens (tertiary/aromatic N) is 3. The zero-order chi connectivity index (χ0) is 18.6. The summed E-state index contributed by atoms with van der Waals surface area (Å²) in [7, 11) is 0. The van der Waals surface area contributed by atoms with Gasteiger partial charge in [0.1, 0.15) is 5.69 Å². The molecular weight excluding hydrogens is 360 g/mol. The summed E-state index contributed by atoms with van der Waals surface area (Å²) >= 11 is 1.50.